The maximum absolute atomic E-state index is 12.8. The second kappa shape index (κ2) is 37.3. The number of rotatable bonds is 40. The standard InChI is InChI=1S/C45H87N2O6P/c1-6-8-10-12-14-16-17-18-19-20-21-22-23-24-25-26-27-28-29-31-33-35-37-39-45(49)46-43(42-53-54(50,51)52-41-40-47(3,4)5)44(48)38-36-34-32-30-15-13-11-9-7-2/h17-18,20-21,36,38,43-44,48H,6-16,19,22-35,37,39-42H2,1-5H3,(H-,46,49,50,51)/b18-17-,21-20-,38-36+. The van der Waals surface area contributed by atoms with E-state index in [0.717, 1.165) is 44.9 Å². The molecule has 0 aromatic carbocycles. The van der Waals surface area contributed by atoms with Crippen molar-refractivity contribution in [2.45, 2.75) is 206 Å². The van der Waals surface area contributed by atoms with Crippen LogP contribution in [0.3, 0.4) is 0 Å². The Hall–Kier alpha value is -1.28. The molecule has 0 fully saturated rings. The molecule has 0 aliphatic heterocycles. The summed E-state index contributed by atoms with van der Waals surface area (Å²) in [6, 6.07) is -0.884. The van der Waals surface area contributed by atoms with Gasteiger partial charge in [-0.05, 0) is 51.4 Å². The molecule has 8 nitrogen and oxygen atoms in total. The normalized spacial score (nSPS) is 14.7. The van der Waals surface area contributed by atoms with Crippen LogP contribution >= 0.6 is 7.82 Å². The number of aliphatic hydroxyl groups excluding tert-OH is 1. The largest absolute Gasteiger partial charge is 0.756 e. The molecular weight excluding hydrogens is 695 g/mol. The number of hydrogen-bond acceptors (Lipinski definition) is 6. The number of nitrogens with zero attached hydrogens (tertiary/aromatic N) is 1. The van der Waals surface area contributed by atoms with E-state index in [-0.39, 0.29) is 19.1 Å². The molecular formula is C45H87N2O6P. The van der Waals surface area contributed by atoms with Gasteiger partial charge in [0.05, 0.1) is 39.9 Å². The Morgan fingerprint density at radius 3 is 1.54 bits per heavy atom. The second-order valence-electron chi connectivity index (χ2n) is 16.4. The summed E-state index contributed by atoms with van der Waals surface area (Å²) in [5.74, 6) is -0.203. The predicted octanol–water partition coefficient (Wildman–Crippen LogP) is 11.7. The lowest BCUT2D eigenvalue weighted by Crippen LogP contribution is -2.45. The summed E-state index contributed by atoms with van der Waals surface area (Å²) in [6.45, 7) is 4.59. The van der Waals surface area contributed by atoms with E-state index in [1.165, 1.54) is 128 Å². The maximum Gasteiger partial charge on any atom is 0.268 e. The third-order valence-electron chi connectivity index (χ3n) is 9.84. The van der Waals surface area contributed by atoms with Crippen LogP contribution in [0.15, 0.2) is 36.5 Å². The highest BCUT2D eigenvalue weighted by Gasteiger charge is 2.23. The van der Waals surface area contributed by atoms with Crippen LogP contribution in [0.2, 0.25) is 0 Å². The molecule has 0 aromatic heterocycles. The van der Waals surface area contributed by atoms with Gasteiger partial charge in [0.2, 0.25) is 5.91 Å². The summed E-state index contributed by atoms with van der Waals surface area (Å²) in [4.78, 5) is 25.2. The van der Waals surface area contributed by atoms with Crippen LogP contribution < -0.4 is 10.2 Å². The average molecular weight is 783 g/mol. The Morgan fingerprint density at radius 2 is 1.07 bits per heavy atom. The predicted molar refractivity (Wildman–Crippen MR) is 228 cm³/mol. The van der Waals surface area contributed by atoms with E-state index in [1.54, 1.807) is 6.08 Å². The van der Waals surface area contributed by atoms with E-state index in [0.29, 0.717) is 17.4 Å². The van der Waals surface area contributed by atoms with Crippen LogP contribution in [0.25, 0.3) is 0 Å². The number of aliphatic hydroxyl groups is 1. The Morgan fingerprint density at radius 1 is 0.648 bits per heavy atom. The summed E-state index contributed by atoms with van der Waals surface area (Å²) in [7, 11) is 1.26. The molecule has 1 amide bonds. The van der Waals surface area contributed by atoms with Crippen LogP contribution in [-0.4, -0.2) is 68.5 Å². The van der Waals surface area contributed by atoms with Gasteiger partial charge in [0.15, 0.2) is 0 Å². The smallest absolute Gasteiger partial charge is 0.268 e. The lowest BCUT2D eigenvalue weighted by Gasteiger charge is -2.29. The molecule has 2 N–H and O–H groups in total. The summed E-state index contributed by atoms with van der Waals surface area (Å²) >= 11 is 0. The number of quaternary nitrogens is 1. The molecule has 0 aliphatic rings. The van der Waals surface area contributed by atoms with Gasteiger partial charge in [-0.1, -0.05) is 172 Å². The number of hydrogen-bond donors (Lipinski definition) is 2. The number of allylic oxidation sites excluding steroid dienone is 5. The van der Waals surface area contributed by atoms with Crippen molar-refractivity contribution in [2.75, 3.05) is 40.9 Å². The number of phosphoric ester groups is 1. The van der Waals surface area contributed by atoms with E-state index in [2.05, 4.69) is 43.5 Å². The zero-order valence-electron chi connectivity index (χ0n) is 35.9. The van der Waals surface area contributed by atoms with Gasteiger partial charge < -0.3 is 28.8 Å². The van der Waals surface area contributed by atoms with E-state index in [1.807, 2.05) is 27.2 Å². The van der Waals surface area contributed by atoms with Crippen LogP contribution in [0.4, 0.5) is 0 Å². The highest BCUT2D eigenvalue weighted by Crippen LogP contribution is 2.38. The van der Waals surface area contributed by atoms with E-state index < -0.39 is 20.0 Å². The first-order valence-electron chi connectivity index (χ1n) is 22.4. The maximum atomic E-state index is 12.8. The molecule has 0 aromatic rings. The highest BCUT2D eigenvalue weighted by molar-refractivity contribution is 7.45. The Kier molecular flexibility index (Phi) is 36.4. The Balaban J connectivity index is 4.22. The summed E-state index contributed by atoms with van der Waals surface area (Å²) in [5.41, 5.74) is 0. The summed E-state index contributed by atoms with van der Waals surface area (Å²) < 4.78 is 23.1. The third kappa shape index (κ3) is 39.0. The number of amides is 1. The fourth-order valence-electron chi connectivity index (χ4n) is 6.24. The zero-order valence-corrected chi connectivity index (χ0v) is 36.8. The minimum Gasteiger partial charge on any atom is -0.756 e. The number of carbonyl (C=O) groups is 1. The zero-order chi connectivity index (χ0) is 40.0. The van der Waals surface area contributed by atoms with Crippen molar-refractivity contribution >= 4 is 13.7 Å². The quantitative estimate of drug-likeness (QED) is 0.0277. The fourth-order valence-corrected chi connectivity index (χ4v) is 6.96. The Bertz CT molecular complexity index is 980. The van der Waals surface area contributed by atoms with Gasteiger partial charge in [-0.25, -0.2) is 0 Å². The van der Waals surface area contributed by atoms with Gasteiger partial charge in [-0.3, -0.25) is 9.36 Å². The number of phosphoric acid groups is 1. The molecule has 0 bridgehead atoms. The molecule has 9 heteroatoms. The SMILES string of the molecule is CCCCCCC/C=C\C/C=C\CCCCCCCCCCCCCC(=O)NC(COP(=O)([O-])OCC[N+](C)(C)C)C(O)/C=C/CCCCCCCCC. The molecule has 0 rings (SSSR count). The second-order valence-corrected chi connectivity index (χ2v) is 17.8. The van der Waals surface area contributed by atoms with Crippen molar-refractivity contribution in [1.82, 2.24) is 5.32 Å². The monoisotopic (exact) mass is 783 g/mol. The molecule has 0 heterocycles. The average Bonchev–Trinajstić information content (AvgIpc) is 3.12. The van der Waals surface area contributed by atoms with Crippen LogP contribution in [-0.2, 0) is 18.4 Å². The molecule has 0 radical (unpaired) electrons. The van der Waals surface area contributed by atoms with Gasteiger partial charge in [-0.15, -0.1) is 0 Å². The van der Waals surface area contributed by atoms with Crippen molar-refractivity contribution in [1.29, 1.82) is 0 Å². The topological polar surface area (TPSA) is 108 Å². The number of nitrogens with one attached hydrogen (secondary N) is 1. The third-order valence-corrected chi connectivity index (χ3v) is 10.8. The lowest BCUT2D eigenvalue weighted by atomic mass is 10.0. The molecule has 54 heavy (non-hydrogen) atoms. The highest BCUT2D eigenvalue weighted by atomic mass is 31.2. The van der Waals surface area contributed by atoms with E-state index in [9.17, 15) is 19.4 Å². The lowest BCUT2D eigenvalue weighted by molar-refractivity contribution is -0.870. The van der Waals surface area contributed by atoms with Gasteiger partial charge in [0.25, 0.3) is 7.82 Å². The van der Waals surface area contributed by atoms with Crippen molar-refractivity contribution in [3.63, 3.8) is 0 Å². The molecule has 0 spiro atoms. The number of unbranched alkanes of at least 4 members (excludes halogenated alkanes) is 23. The first-order valence-corrected chi connectivity index (χ1v) is 23.8. The van der Waals surface area contributed by atoms with E-state index >= 15 is 0 Å². The first-order chi connectivity index (χ1) is 26.0. The minimum absolute atomic E-state index is 0.00179. The summed E-state index contributed by atoms with van der Waals surface area (Å²) in [6.07, 6.45) is 44.8. The van der Waals surface area contributed by atoms with Crippen molar-refractivity contribution in [3.05, 3.63) is 36.5 Å². The van der Waals surface area contributed by atoms with Gasteiger partial charge in [-0.2, -0.15) is 0 Å². The molecule has 0 saturated carbocycles. The number of likely N-dealkylation sites (N-methyl/N-ethyl adjacent to an activating group) is 1. The summed E-state index contributed by atoms with van der Waals surface area (Å²) in [5, 5.41) is 13.7. The van der Waals surface area contributed by atoms with Crippen molar-refractivity contribution in [3.8, 4) is 0 Å². The molecule has 3 unspecified atom stereocenters. The molecule has 318 valence electrons. The van der Waals surface area contributed by atoms with Crippen LogP contribution in [0.1, 0.15) is 194 Å². The first kappa shape index (κ1) is 52.7. The van der Waals surface area contributed by atoms with Crippen molar-refractivity contribution in [2.24, 2.45) is 0 Å². The fraction of sp³-hybridized carbons (Fsp3) is 0.844. The Labute approximate surface area is 334 Å². The van der Waals surface area contributed by atoms with Crippen LogP contribution in [0, 0.1) is 0 Å². The van der Waals surface area contributed by atoms with Crippen molar-refractivity contribution < 1.29 is 32.9 Å². The number of carbonyl (C=O) groups excluding carboxylic acids is 1. The minimum atomic E-state index is -4.58. The molecule has 0 saturated heterocycles. The van der Waals surface area contributed by atoms with Gasteiger partial charge in [0.1, 0.15) is 13.2 Å². The van der Waals surface area contributed by atoms with Crippen LogP contribution in [0.5, 0.6) is 0 Å². The van der Waals surface area contributed by atoms with Gasteiger partial charge >= 0.3 is 0 Å². The molecule has 3 atom stereocenters. The van der Waals surface area contributed by atoms with E-state index in [4.69, 9.17) is 9.05 Å². The van der Waals surface area contributed by atoms with Gasteiger partial charge in [0, 0.05) is 6.42 Å². The molecule has 0 aliphatic carbocycles.